The highest BCUT2D eigenvalue weighted by Gasteiger charge is 2.26. The Balaban J connectivity index is 1.96. The molecule has 16 heavy (non-hydrogen) atoms. The van der Waals surface area contributed by atoms with Crippen LogP contribution in [0.3, 0.4) is 0 Å². The van der Waals surface area contributed by atoms with Crippen molar-refractivity contribution in [3.63, 3.8) is 0 Å². The van der Waals surface area contributed by atoms with E-state index < -0.39 is 0 Å². The lowest BCUT2D eigenvalue weighted by molar-refractivity contribution is 0.316. The number of nitrogens with one attached hydrogen (secondary N) is 1. The van der Waals surface area contributed by atoms with Crippen molar-refractivity contribution in [2.45, 2.75) is 38.3 Å². The normalized spacial score (nSPS) is 23.6. The second-order valence-corrected chi connectivity index (χ2v) is 4.42. The molecule has 1 aliphatic rings. The Morgan fingerprint density at radius 3 is 2.81 bits per heavy atom. The largest absolute Gasteiger partial charge is 0.491 e. The molecular formula is C13H20N2O. The molecule has 0 bridgehead atoms. The maximum absolute atomic E-state index is 5.77. The summed E-state index contributed by atoms with van der Waals surface area (Å²) in [6, 6.07) is 9.00. The van der Waals surface area contributed by atoms with E-state index in [1.54, 1.807) is 0 Å². The van der Waals surface area contributed by atoms with Crippen LogP contribution < -0.4 is 15.8 Å². The highest BCUT2D eigenvalue weighted by molar-refractivity contribution is 5.57. The highest BCUT2D eigenvalue weighted by Crippen LogP contribution is 2.29. The Bertz CT molecular complexity index is 334. The number of anilines is 1. The van der Waals surface area contributed by atoms with Crippen molar-refractivity contribution in [3.05, 3.63) is 24.3 Å². The van der Waals surface area contributed by atoms with Gasteiger partial charge in [0.1, 0.15) is 5.75 Å². The van der Waals surface area contributed by atoms with E-state index in [1.807, 2.05) is 18.2 Å². The van der Waals surface area contributed by atoms with Crippen LogP contribution in [0.4, 0.5) is 5.69 Å². The lowest BCUT2D eigenvalue weighted by Gasteiger charge is -2.34. The van der Waals surface area contributed by atoms with Crippen LogP contribution >= 0.6 is 0 Å². The molecule has 0 saturated heterocycles. The van der Waals surface area contributed by atoms with E-state index in [-0.39, 0.29) is 0 Å². The fourth-order valence-corrected chi connectivity index (χ4v) is 1.92. The van der Waals surface area contributed by atoms with Gasteiger partial charge < -0.3 is 15.8 Å². The number of nitrogens with two attached hydrogens (primary N) is 1. The van der Waals surface area contributed by atoms with Gasteiger partial charge in [-0.3, -0.25) is 0 Å². The van der Waals surface area contributed by atoms with Gasteiger partial charge in [0.15, 0.2) is 0 Å². The second kappa shape index (κ2) is 5.21. The molecule has 0 aromatic heterocycles. The average Bonchev–Trinajstić information content (AvgIpc) is 2.26. The van der Waals surface area contributed by atoms with E-state index in [9.17, 15) is 0 Å². The molecule has 1 saturated carbocycles. The van der Waals surface area contributed by atoms with Crippen molar-refractivity contribution in [2.75, 3.05) is 11.9 Å². The van der Waals surface area contributed by atoms with Crippen molar-refractivity contribution in [2.24, 2.45) is 5.73 Å². The fourth-order valence-electron chi connectivity index (χ4n) is 1.92. The lowest BCUT2D eigenvalue weighted by atomic mass is 9.87. The van der Waals surface area contributed by atoms with Crippen LogP contribution in [0.15, 0.2) is 24.3 Å². The number of benzene rings is 1. The summed E-state index contributed by atoms with van der Waals surface area (Å²) in [5, 5.41) is 3.48. The predicted molar refractivity (Wildman–Crippen MR) is 66.8 cm³/mol. The van der Waals surface area contributed by atoms with Gasteiger partial charge in [-0.25, -0.2) is 0 Å². The molecule has 1 aromatic rings. The minimum atomic E-state index is 0.376. The van der Waals surface area contributed by atoms with E-state index in [2.05, 4.69) is 18.3 Å². The van der Waals surface area contributed by atoms with Crippen LogP contribution in [-0.4, -0.2) is 18.7 Å². The van der Waals surface area contributed by atoms with Crippen molar-refractivity contribution in [3.8, 4) is 5.75 Å². The number of rotatable bonds is 5. The summed E-state index contributed by atoms with van der Waals surface area (Å²) in [5.41, 5.74) is 6.86. The van der Waals surface area contributed by atoms with E-state index in [4.69, 9.17) is 10.5 Å². The van der Waals surface area contributed by atoms with Gasteiger partial charge in [-0.1, -0.05) is 19.1 Å². The minimum absolute atomic E-state index is 0.376. The number of hydrogen-bond donors (Lipinski definition) is 2. The lowest BCUT2D eigenvalue weighted by Crippen LogP contribution is -2.44. The van der Waals surface area contributed by atoms with Gasteiger partial charge in [-0.15, -0.1) is 0 Å². The summed E-state index contributed by atoms with van der Waals surface area (Å²) >= 11 is 0. The second-order valence-electron chi connectivity index (χ2n) is 4.42. The van der Waals surface area contributed by atoms with Crippen molar-refractivity contribution >= 4 is 5.69 Å². The van der Waals surface area contributed by atoms with Crippen molar-refractivity contribution in [1.82, 2.24) is 0 Å². The van der Waals surface area contributed by atoms with Crippen LogP contribution in [0.25, 0.3) is 0 Å². The summed E-state index contributed by atoms with van der Waals surface area (Å²) in [4.78, 5) is 0. The maximum atomic E-state index is 5.77. The van der Waals surface area contributed by atoms with Gasteiger partial charge in [0, 0.05) is 12.1 Å². The van der Waals surface area contributed by atoms with Crippen LogP contribution in [0, 0.1) is 0 Å². The SMILES string of the molecule is CCCOc1ccccc1NC1CC(N)C1. The first-order valence-corrected chi connectivity index (χ1v) is 6.03. The van der Waals surface area contributed by atoms with Gasteiger partial charge in [0.05, 0.1) is 12.3 Å². The molecule has 0 atom stereocenters. The Morgan fingerprint density at radius 2 is 2.12 bits per heavy atom. The highest BCUT2D eigenvalue weighted by atomic mass is 16.5. The first-order valence-electron chi connectivity index (χ1n) is 6.03. The van der Waals surface area contributed by atoms with Crippen LogP contribution in [0.5, 0.6) is 5.75 Å². The van der Waals surface area contributed by atoms with Gasteiger partial charge in [0.2, 0.25) is 0 Å². The van der Waals surface area contributed by atoms with E-state index in [0.717, 1.165) is 37.3 Å². The summed E-state index contributed by atoms with van der Waals surface area (Å²) in [6.07, 6.45) is 3.15. The zero-order chi connectivity index (χ0) is 11.4. The molecule has 88 valence electrons. The monoisotopic (exact) mass is 220 g/mol. The van der Waals surface area contributed by atoms with Crippen molar-refractivity contribution in [1.29, 1.82) is 0 Å². The molecule has 1 aromatic carbocycles. The molecule has 0 unspecified atom stereocenters. The molecule has 2 rings (SSSR count). The van der Waals surface area contributed by atoms with Gasteiger partial charge >= 0.3 is 0 Å². The summed E-state index contributed by atoms with van der Waals surface area (Å²) in [7, 11) is 0. The third-order valence-corrected chi connectivity index (χ3v) is 2.88. The van der Waals surface area contributed by atoms with Crippen LogP contribution in [0.2, 0.25) is 0 Å². The Labute approximate surface area is 97.0 Å². The molecule has 0 spiro atoms. The number of ether oxygens (including phenoxy) is 1. The predicted octanol–water partition coefficient (Wildman–Crippen LogP) is 2.38. The quantitative estimate of drug-likeness (QED) is 0.801. The minimum Gasteiger partial charge on any atom is -0.491 e. The molecule has 3 N–H and O–H groups in total. The summed E-state index contributed by atoms with van der Waals surface area (Å²) in [5.74, 6) is 0.949. The van der Waals surface area contributed by atoms with Crippen LogP contribution in [0.1, 0.15) is 26.2 Å². The smallest absolute Gasteiger partial charge is 0.142 e. The van der Waals surface area contributed by atoms with Gasteiger partial charge in [-0.2, -0.15) is 0 Å². The Morgan fingerprint density at radius 1 is 1.38 bits per heavy atom. The standard InChI is InChI=1S/C13H20N2O/c1-2-7-16-13-6-4-3-5-12(13)15-11-8-10(14)9-11/h3-6,10-11,15H,2,7-9,14H2,1H3. The zero-order valence-electron chi connectivity index (χ0n) is 9.78. The van der Waals surface area contributed by atoms with Crippen molar-refractivity contribution < 1.29 is 4.74 Å². The first kappa shape index (κ1) is 11.3. The average molecular weight is 220 g/mol. The number of para-hydroxylation sites is 2. The third-order valence-electron chi connectivity index (χ3n) is 2.88. The van der Waals surface area contributed by atoms with E-state index in [1.165, 1.54) is 0 Å². The zero-order valence-corrected chi connectivity index (χ0v) is 9.78. The molecule has 3 nitrogen and oxygen atoms in total. The van der Waals surface area contributed by atoms with Gasteiger partial charge in [0.25, 0.3) is 0 Å². The molecule has 1 fully saturated rings. The molecular weight excluding hydrogens is 200 g/mol. The van der Waals surface area contributed by atoms with Gasteiger partial charge in [-0.05, 0) is 31.4 Å². The molecule has 0 heterocycles. The fraction of sp³-hybridized carbons (Fsp3) is 0.538. The molecule has 0 radical (unpaired) electrons. The molecule has 3 heteroatoms. The maximum Gasteiger partial charge on any atom is 0.142 e. The third kappa shape index (κ3) is 2.67. The Hall–Kier alpha value is -1.22. The van der Waals surface area contributed by atoms with E-state index >= 15 is 0 Å². The summed E-state index contributed by atoms with van der Waals surface area (Å²) < 4.78 is 5.69. The Kier molecular flexibility index (Phi) is 3.67. The topological polar surface area (TPSA) is 47.3 Å². The van der Waals surface area contributed by atoms with Crippen LogP contribution in [-0.2, 0) is 0 Å². The molecule has 1 aliphatic carbocycles. The number of hydrogen-bond acceptors (Lipinski definition) is 3. The first-order chi connectivity index (χ1) is 7.79. The van der Waals surface area contributed by atoms with E-state index in [0.29, 0.717) is 12.1 Å². The molecule has 0 amide bonds. The summed E-state index contributed by atoms with van der Waals surface area (Å²) in [6.45, 7) is 2.88. The molecule has 0 aliphatic heterocycles.